The molecule has 1 aromatic carbocycles. The van der Waals surface area contributed by atoms with Gasteiger partial charge in [0.2, 0.25) is 0 Å². The first-order chi connectivity index (χ1) is 11.1. The molecule has 1 N–H and O–H groups in total. The molecule has 2 aromatic rings. The average Bonchev–Trinajstić information content (AvgIpc) is 2.96. The lowest BCUT2D eigenvalue weighted by Crippen LogP contribution is -2.46. The quantitative estimate of drug-likeness (QED) is 0.651. The summed E-state index contributed by atoms with van der Waals surface area (Å²) in [5, 5.41) is 22.0. The van der Waals surface area contributed by atoms with Crippen LogP contribution < -0.4 is 5.32 Å². The minimum atomic E-state index is -0.470. The number of amides is 1. The molecule has 1 amide bonds. The van der Waals surface area contributed by atoms with Gasteiger partial charge in [0.05, 0.1) is 16.3 Å². The molecule has 24 heavy (non-hydrogen) atoms. The van der Waals surface area contributed by atoms with E-state index in [4.69, 9.17) is 0 Å². The Kier molecular flexibility index (Phi) is 5.47. The molecule has 0 atom stereocenters. The zero-order chi connectivity index (χ0) is 16.4. The smallest absolute Gasteiger partial charge is 0.276 e. The number of rotatable bonds is 3. The molecule has 1 saturated heterocycles. The first-order valence-corrected chi connectivity index (χ1v) is 7.25. The van der Waals surface area contributed by atoms with Gasteiger partial charge in [0.25, 0.3) is 11.6 Å². The summed E-state index contributed by atoms with van der Waals surface area (Å²) in [6.07, 6.45) is 0. The van der Waals surface area contributed by atoms with Crippen LogP contribution in [0.4, 0.5) is 5.69 Å². The number of halogens is 1. The van der Waals surface area contributed by atoms with Gasteiger partial charge in [-0.05, 0) is 13.0 Å². The molecule has 1 aliphatic rings. The molecule has 0 bridgehead atoms. The summed E-state index contributed by atoms with van der Waals surface area (Å²) < 4.78 is 1.45. The Balaban J connectivity index is 0.00000208. The van der Waals surface area contributed by atoms with Crippen molar-refractivity contribution in [2.45, 2.75) is 6.92 Å². The second-order valence-electron chi connectivity index (χ2n) is 5.25. The summed E-state index contributed by atoms with van der Waals surface area (Å²) in [4.78, 5) is 24.7. The summed E-state index contributed by atoms with van der Waals surface area (Å²) in [5.74, 6) is -0.166. The Hall–Kier alpha value is -2.52. The van der Waals surface area contributed by atoms with Crippen molar-refractivity contribution >= 4 is 24.0 Å². The summed E-state index contributed by atoms with van der Waals surface area (Å²) in [5.41, 5.74) is 1.31. The molecule has 0 radical (unpaired) electrons. The number of carbonyl (C=O) groups is 1. The number of benzene rings is 1. The van der Waals surface area contributed by atoms with Crippen LogP contribution in [0.5, 0.6) is 0 Å². The molecule has 3 rings (SSSR count). The minimum Gasteiger partial charge on any atom is -0.335 e. The molecule has 0 unspecified atom stereocenters. The fraction of sp³-hybridized carbons (Fsp3) is 0.357. The Morgan fingerprint density at radius 1 is 1.33 bits per heavy atom. The third-order valence-corrected chi connectivity index (χ3v) is 3.79. The zero-order valence-corrected chi connectivity index (χ0v) is 13.8. The van der Waals surface area contributed by atoms with Crippen molar-refractivity contribution in [1.29, 1.82) is 0 Å². The van der Waals surface area contributed by atoms with Crippen molar-refractivity contribution in [3.63, 3.8) is 0 Å². The maximum Gasteiger partial charge on any atom is 0.276 e. The lowest BCUT2D eigenvalue weighted by molar-refractivity contribution is -0.384. The molecule has 0 spiro atoms. The van der Waals surface area contributed by atoms with Crippen molar-refractivity contribution in [2.24, 2.45) is 0 Å². The van der Waals surface area contributed by atoms with Crippen LogP contribution in [0.25, 0.3) is 5.69 Å². The normalized spacial score (nSPS) is 14.1. The molecular formula is C14H17ClN6O3. The molecule has 0 saturated carbocycles. The van der Waals surface area contributed by atoms with Crippen LogP contribution in [0, 0.1) is 17.0 Å². The van der Waals surface area contributed by atoms with E-state index >= 15 is 0 Å². The van der Waals surface area contributed by atoms with E-state index in [2.05, 4.69) is 15.6 Å². The van der Waals surface area contributed by atoms with Gasteiger partial charge in [-0.3, -0.25) is 14.9 Å². The van der Waals surface area contributed by atoms with E-state index in [1.807, 2.05) is 0 Å². The molecule has 0 aliphatic carbocycles. The van der Waals surface area contributed by atoms with Crippen LogP contribution in [-0.4, -0.2) is 56.9 Å². The third-order valence-electron chi connectivity index (χ3n) is 3.79. The monoisotopic (exact) mass is 352 g/mol. The first kappa shape index (κ1) is 17.8. The Morgan fingerprint density at radius 3 is 2.71 bits per heavy atom. The summed E-state index contributed by atoms with van der Waals surface area (Å²) in [6.45, 7) is 4.49. The zero-order valence-electron chi connectivity index (χ0n) is 13.0. The summed E-state index contributed by atoms with van der Waals surface area (Å²) in [6, 6.07) is 6.07. The van der Waals surface area contributed by atoms with Gasteiger partial charge in [-0.25, -0.2) is 4.68 Å². The number of nitro groups is 1. The second kappa shape index (κ2) is 7.37. The van der Waals surface area contributed by atoms with Gasteiger partial charge >= 0.3 is 0 Å². The largest absolute Gasteiger partial charge is 0.335 e. The number of aromatic nitrogens is 3. The van der Waals surface area contributed by atoms with Gasteiger partial charge in [-0.2, -0.15) is 0 Å². The molecule has 10 heteroatoms. The Morgan fingerprint density at radius 2 is 2.04 bits per heavy atom. The predicted molar refractivity (Wildman–Crippen MR) is 88.8 cm³/mol. The first-order valence-electron chi connectivity index (χ1n) is 7.25. The van der Waals surface area contributed by atoms with Crippen LogP contribution in [0.1, 0.15) is 16.2 Å². The van der Waals surface area contributed by atoms with Gasteiger partial charge in [-0.15, -0.1) is 17.5 Å². The highest BCUT2D eigenvalue weighted by atomic mass is 35.5. The highest BCUT2D eigenvalue weighted by Gasteiger charge is 2.24. The van der Waals surface area contributed by atoms with E-state index < -0.39 is 4.92 Å². The number of non-ortho nitro benzene ring substituents is 1. The molecule has 2 heterocycles. The maximum absolute atomic E-state index is 12.5. The molecule has 128 valence electrons. The standard InChI is InChI=1S/C14H16N6O3.ClH/c1-10-13(14(21)18-7-5-15-6-8-18)16-17-19(10)11-3-2-4-12(9-11)20(22)23;/h2-4,9,15H,5-8H2,1H3;1H. The van der Waals surface area contributed by atoms with Crippen LogP contribution in [-0.2, 0) is 0 Å². The lowest BCUT2D eigenvalue weighted by atomic mass is 10.2. The van der Waals surface area contributed by atoms with Crippen LogP contribution >= 0.6 is 12.4 Å². The van der Waals surface area contributed by atoms with Gasteiger partial charge < -0.3 is 10.2 Å². The molecular weight excluding hydrogens is 336 g/mol. The second-order valence-corrected chi connectivity index (χ2v) is 5.25. The Labute approximate surface area is 144 Å². The minimum absolute atomic E-state index is 0. The maximum atomic E-state index is 12.5. The number of nitrogens with one attached hydrogen (secondary N) is 1. The van der Waals surface area contributed by atoms with Crippen LogP contribution in [0.15, 0.2) is 24.3 Å². The van der Waals surface area contributed by atoms with E-state index in [9.17, 15) is 14.9 Å². The number of piperazine rings is 1. The van der Waals surface area contributed by atoms with Crippen molar-refractivity contribution < 1.29 is 9.72 Å². The van der Waals surface area contributed by atoms with Crippen molar-refractivity contribution in [3.05, 3.63) is 45.8 Å². The van der Waals surface area contributed by atoms with E-state index in [-0.39, 0.29) is 29.7 Å². The summed E-state index contributed by atoms with van der Waals surface area (Å²) >= 11 is 0. The van der Waals surface area contributed by atoms with Crippen molar-refractivity contribution in [1.82, 2.24) is 25.2 Å². The SMILES string of the molecule is Cc1c(C(=O)N2CCNCC2)nnn1-c1cccc([N+](=O)[O-])c1.Cl. The van der Waals surface area contributed by atoms with Crippen molar-refractivity contribution in [2.75, 3.05) is 26.2 Å². The number of hydrogen-bond acceptors (Lipinski definition) is 6. The highest BCUT2D eigenvalue weighted by molar-refractivity contribution is 5.93. The van der Waals surface area contributed by atoms with E-state index in [0.717, 1.165) is 13.1 Å². The third kappa shape index (κ3) is 3.36. The molecule has 1 aromatic heterocycles. The predicted octanol–water partition coefficient (Wildman–Crippen LogP) is 0.951. The van der Waals surface area contributed by atoms with Crippen LogP contribution in [0.3, 0.4) is 0 Å². The average molecular weight is 353 g/mol. The van der Waals surface area contributed by atoms with Gasteiger partial charge in [0, 0.05) is 38.3 Å². The topological polar surface area (TPSA) is 106 Å². The van der Waals surface area contributed by atoms with Crippen LogP contribution in [0.2, 0.25) is 0 Å². The van der Waals surface area contributed by atoms with Crippen molar-refractivity contribution in [3.8, 4) is 5.69 Å². The molecule has 9 nitrogen and oxygen atoms in total. The van der Waals surface area contributed by atoms with E-state index in [0.29, 0.717) is 24.5 Å². The van der Waals surface area contributed by atoms with E-state index in [1.165, 1.54) is 16.8 Å². The van der Waals surface area contributed by atoms with E-state index in [1.54, 1.807) is 24.0 Å². The highest BCUT2D eigenvalue weighted by Crippen LogP contribution is 2.19. The lowest BCUT2D eigenvalue weighted by Gasteiger charge is -2.26. The number of nitro benzene ring substituents is 1. The number of hydrogen-bond donors (Lipinski definition) is 1. The summed E-state index contributed by atoms with van der Waals surface area (Å²) in [7, 11) is 0. The number of carbonyl (C=O) groups excluding carboxylic acids is 1. The van der Waals surface area contributed by atoms with Gasteiger partial charge in [0.1, 0.15) is 0 Å². The van der Waals surface area contributed by atoms with Gasteiger partial charge in [0.15, 0.2) is 5.69 Å². The molecule has 1 aliphatic heterocycles. The fourth-order valence-electron chi connectivity index (χ4n) is 2.53. The number of nitrogens with zero attached hydrogens (tertiary/aromatic N) is 5. The molecule has 1 fully saturated rings. The van der Waals surface area contributed by atoms with Gasteiger partial charge in [-0.1, -0.05) is 11.3 Å². The fourth-order valence-corrected chi connectivity index (χ4v) is 2.53. The Bertz CT molecular complexity index is 757.